The van der Waals surface area contributed by atoms with Gasteiger partial charge < -0.3 is 0 Å². The van der Waals surface area contributed by atoms with Crippen LogP contribution in [0.15, 0.2) is 24.3 Å². The Labute approximate surface area is 387 Å². The second-order valence-electron chi connectivity index (χ2n) is 27.2. The van der Waals surface area contributed by atoms with Gasteiger partial charge in [0.15, 0.2) is 5.78 Å². The number of hydrogen-bond donors (Lipinski definition) is 0. The standard InChI is InChI=1S/C69H11NO/c1-2-3-70-6-66-60-51-43-36-27-19-12-10-11-13-15-14(12)21-25(19)37(43)46-40-29(21)30-22(15)26-20(13)28-24-17(11)18-16(10)23(27)32-34-31(18)35-33(24)44-38(28)45-39(26)47-41(30)50(40)59-62-56(47)53(45)61-54(44)58-49(35)48(34)57(52(60)42(32)36)64(66)65(58)67(61)9(71)5-7-4-8(70)69(66,68(7,62)67)63(59)55(46)51/h2,5,8H,1,3-4,6H2. The van der Waals surface area contributed by atoms with Crippen molar-refractivity contribution in [3.05, 3.63) is 57.7 Å². The van der Waals surface area contributed by atoms with Crippen LogP contribution in [0.2, 0.25) is 0 Å². The molecular weight excluding hydrogens is 859 g/mol. The first-order valence-corrected chi connectivity index (χ1v) is 26.9. The molecule has 0 aromatic heterocycles. The van der Waals surface area contributed by atoms with Crippen LogP contribution in [0.1, 0.15) is 39.8 Å². The van der Waals surface area contributed by atoms with Crippen molar-refractivity contribution >= 4 is 275 Å². The summed E-state index contributed by atoms with van der Waals surface area (Å²) in [5.74, 6) is 0.444. The maximum absolute atomic E-state index is 17.3. The lowest BCUT2D eigenvalue weighted by atomic mass is 9.34. The summed E-state index contributed by atoms with van der Waals surface area (Å²) < 4.78 is 0. The molecule has 35 rings (SSSR count). The Hall–Kier alpha value is -8.17. The molecule has 1 heterocycles. The first-order valence-electron chi connectivity index (χ1n) is 26.9. The molecule has 26 aromatic carbocycles. The predicted octanol–water partition coefficient (Wildman–Crippen LogP) is 16.0. The highest BCUT2D eigenvalue weighted by Crippen LogP contribution is 2.94. The molecule has 5 atom stereocenters. The zero-order chi connectivity index (χ0) is 42.2. The molecule has 1 aliphatic heterocycles. The molecule has 5 unspecified atom stereocenters. The molecule has 2 heteroatoms. The number of carbonyl (C=O) groups excluding carboxylic acids is 1. The fourth-order valence-electron chi connectivity index (χ4n) is 28.5. The van der Waals surface area contributed by atoms with Crippen LogP contribution in [0.25, 0.3) is 269 Å². The lowest BCUT2D eigenvalue weighted by molar-refractivity contribution is -0.120. The third-order valence-corrected chi connectivity index (χ3v) is 27.8. The summed E-state index contributed by atoms with van der Waals surface area (Å²) in [5, 5.41) is 81.0. The van der Waals surface area contributed by atoms with E-state index in [1.165, 1.54) is 22.1 Å². The minimum atomic E-state index is -0.794. The van der Waals surface area contributed by atoms with E-state index in [4.69, 9.17) is 0 Å². The van der Waals surface area contributed by atoms with Crippen molar-refractivity contribution in [2.24, 2.45) is 0 Å². The van der Waals surface area contributed by atoms with Gasteiger partial charge >= 0.3 is 0 Å². The van der Waals surface area contributed by atoms with Crippen molar-refractivity contribution in [1.82, 2.24) is 4.90 Å². The van der Waals surface area contributed by atoms with Crippen LogP contribution in [0.4, 0.5) is 0 Å². The van der Waals surface area contributed by atoms with E-state index in [0.29, 0.717) is 5.78 Å². The monoisotopic (exact) mass is 869 g/mol. The van der Waals surface area contributed by atoms with Gasteiger partial charge in [0, 0.05) is 30.0 Å². The Bertz CT molecular complexity index is 7540. The van der Waals surface area contributed by atoms with Crippen LogP contribution in [-0.4, -0.2) is 29.8 Å². The van der Waals surface area contributed by atoms with Gasteiger partial charge in [0.1, 0.15) is 0 Å². The largest absolute Gasteiger partial charge is 0.294 e. The molecule has 8 aliphatic carbocycles. The minimum absolute atomic E-state index is 0.268. The molecule has 2 nitrogen and oxygen atoms in total. The summed E-state index contributed by atoms with van der Waals surface area (Å²) in [6.45, 7) is 6.48. The minimum Gasteiger partial charge on any atom is -0.294 e. The van der Waals surface area contributed by atoms with Gasteiger partial charge in [0.2, 0.25) is 0 Å². The third kappa shape index (κ3) is 1.27. The lowest BCUT2D eigenvalue weighted by Crippen LogP contribution is -2.71. The number of rotatable bonds is 2. The Morgan fingerprint density at radius 1 is 0.380 bits per heavy atom. The number of hydrogen-bond acceptors (Lipinski definition) is 2. The molecule has 0 radical (unpaired) electrons. The SMILES string of the molecule is C=CCN1CC23c4c5c6c7c8c9c%10c%11c%12c(c%13c%14c2c2c4c4c6c6c%15c7c7c9c9c%10c%10c%12c%12c%13c%13c%14c%14c2c2c4c6c4c6c2c%14c2c%13c%13c%12c%10c%10c9c9c7c%15c4c4c9c%10c%13c2c64)C32C1CC1=CC(=O)C58C1%112. The van der Waals surface area contributed by atoms with E-state index in [9.17, 15) is 0 Å². The number of benzene rings is 17. The molecular formula is C69H11NO. The van der Waals surface area contributed by atoms with Crippen LogP contribution >= 0.6 is 0 Å². The Kier molecular flexibility index (Phi) is 2.09. The fourth-order valence-corrected chi connectivity index (χ4v) is 28.5. The molecule has 298 valence electrons. The Morgan fingerprint density at radius 2 is 0.690 bits per heavy atom. The van der Waals surface area contributed by atoms with Gasteiger partial charge in [-0.15, -0.1) is 6.58 Å². The van der Waals surface area contributed by atoms with Gasteiger partial charge in [0.25, 0.3) is 0 Å². The average Bonchev–Trinajstić information content (AvgIpc) is 4.32. The van der Waals surface area contributed by atoms with Crippen molar-refractivity contribution in [3.8, 4) is 0 Å². The van der Waals surface area contributed by atoms with Crippen molar-refractivity contribution < 1.29 is 4.79 Å². The van der Waals surface area contributed by atoms with Crippen LogP contribution in [0.3, 0.4) is 0 Å². The first-order chi connectivity index (χ1) is 35.3. The zero-order valence-electron chi connectivity index (χ0n) is 36.4. The highest BCUT2D eigenvalue weighted by Gasteiger charge is 2.93. The van der Waals surface area contributed by atoms with E-state index in [1.807, 2.05) is 0 Å². The average molecular weight is 870 g/mol. The van der Waals surface area contributed by atoms with E-state index in [1.54, 1.807) is 286 Å². The summed E-state index contributed by atoms with van der Waals surface area (Å²) in [4.78, 5) is 20.3. The van der Waals surface area contributed by atoms with Crippen LogP contribution in [0.5, 0.6) is 0 Å². The maximum Gasteiger partial charge on any atom is 0.171 e. The molecule has 1 saturated carbocycles. The highest BCUT2D eigenvalue weighted by atomic mass is 16.1. The Balaban J connectivity index is 1.19. The summed E-state index contributed by atoms with van der Waals surface area (Å²) >= 11 is 0. The van der Waals surface area contributed by atoms with Gasteiger partial charge in [-0.05, 0) is 315 Å². The van der Waals surface area contributed by atoms with Gasteiger partial charge in [-0.2, -0.15) is 0 Å². The summed E-state index contributed by atoms with van der Waals surface area (Å²) in [6.07, 6.45) is 5.61. The van der Waals surface area contributed by atoms with E-state index >= 15 is 4.79 Å². The van der Waals surface area contributed by atoms with E-state index in [-0.39, 0.29) is 16.9 Å². The number of allylic oxidation sites excluding steroid dienone is 1. The van der Waals surface area contributed by atoms with Crippen molar-refractivity contribution in [2.75, 3.05) is 13.1 Å². The normalized spacial score (nSPS) is 29.5. The second-order valence-corrected chi connectivity index (χ2v) is 27.2. The topological polar surface area (TPSA) is 20.3 Å². The third-order valence-electron chi connectivity index (χ3n) is 27.8. The molecule has 9 aliphatic rings. The highest BCUT2D eigenvalue weighted by molar-refractivity contribution is 6.81. The molecule has 0 N–H and O–H groups in total. The number of ketones is 1. The number of carbonyl (C=O) groups is 1. The molecule has 1 saturated heterocycles. The zero-order valence-corrected chi connectivity index (χ0v) is 36.4. The van der Waals surface area contributed by atoms with E-state index in [2.05, 4.69) is 23.6 Å². The molecule has 0 bridgehead atoms. The second kappa shape index (κ2) is 5.67. The predicted molar refractivity (Wildman–Crippen MR) is 292 cm³/mol. The van der Waals surface area contributed by atoms with Crippen molar-refractivity contribution in [3.63, 3.8) is 0 Å². The quantitative estimate of drug-likeness (QED) is 0.127. The van der Waals surface area contributed by atoms with Gasteiger partial charge in [0.05, 0.1) is 10.8 Å². The Morgan fingerprint density at radius 3 is 1.08 bits per heavy atom. The maximum atomic E-state index is 17.3. The number of likely N-dealkylation sites (tertiary alicyclic amines) is 1. The van der Waals surface area contributed by atoms with Crippen LogP contribution in [0, 0.1) is 0 Å². The summed E-state index contributed by atoms with van der Waals surface area (Å²) in [5.41, 5.74) is 9.40. The summed E-state index contributed by atoms with van der Waals surface area (Å²) in [6, 6.07) is 0.268. The first kappa shape index (κ1) is 26.2. The lowest BCUT2D eigenvalue weighted by Gasteiger charge is -2.64. The van der Waals surface area contributed by atoms with E-state index in [0.717, 1.165) is 19.5 Å². The molecule has 71 heavy (non-hydrogen) atoms. The summed E-state index contributed by atoms with van der Waals surface area (Å²) in [7, 11) is 0. The van der Waals surface area contributed by atoms with Crippen molar-refractivity contribution in [2.45, 2.75) is 34.1 Å². The van der Waals surface area contributed by atoms with Gasteiger partial charge in [-0.1, -0.05) is 11.6 Å². The number of nitrogens with zero attached hydrogens (tertiary/aromatic N) is 1. The molecule has 26 aromatic rings. The fraction of sp³-hybridized carbons (Fsp3) is 0.116. The molecule has 2 fully saturated rings. The van der Waals surface area contributed by atoms with Crippen LogP contribution in [-0.2, 0) is 26.5 Å². The van der Waals surface area contributed by atoms with E-state index < -0.39 is 10.8 Å². The van der Waals surface area contributed by atoms with Gasteiger partial charge in [-0.3, -0.25) is 9.69 Å². The molecule has 0 amide bonds. The van der Waals surface area contributed by atoms with Gasteiger partial charge in [-0.25, -0.2) is 0 Å². The smallest absolute Gasteiger partial charge is 0.171 e. The molecule has 4 spiro atoms. The van der Waals surface area contributed by atoms with Crippen molar-refractivity contribution in [1.29, 1.82) is 0 Å². The van der Waals surface area contributed by atoms with Crippen LogP contribution < -0.4 is 0 Å².